The molecule has 2 heterocycles. The summed E-state index contributed by atoms with van der Waals surface area (Å²) in [4.78, 5) is 4.32. The van der Waals surface area contributed by atoms with Crippen LogP contribution in [0.5, 0.6) is 0 Å². The number of aromatic nitrogens is 1. The van der Waals surface area contributed by atoms with Crippen molar-refractivity contribution in [2.45, 2.75) is 13.0 Å². The molecule has 1 aliphatic rings. The molecule has 1 fully saturated rings. The fraction of sp³-hybridized carbons (Fsp3) is 0.267. The van der Waals surface area contributed by atoms with E-state index in [4.69, 9.17) is 0 Å². The smallest absolute Gasteiger partial charge is 0.214 e. The van der Waals surface area contributed by atoms with E-state index in [-0.39, 0.29) is 5.75 Å². The van der Waals surface area contributed by atoms with Gasteiger partial charge >= 0.3 is 0 Å². The highest BCUT2D eigenvalue weighted by atomic mass is 32.2. The quantitative estimate of drug-likeness (QED) is 0.870. The first kappa shape index (κ1) is 13.3. The number of hydrogen-bond acceptors (Lipinski definition) is 3. The fourth-order valence-electron chi connectivity index (χ4n) is 2.44. The second-order valence-corrected chi connectivity index (χ2v) is 7.01. The van der Waals surface area contributed by atoms with Crippen LogP contribution in [0, 0.1) is 0 Å². The number of rotatable bonds is 3. The van der Waals surface area contributed by atoms with Crippen LogP contribution in [0.1, 0.15) is 12.0 Å². The Morgan fingerprint density at radius 1 is 1.15 bits per heavy atom. The molecule has 0 atom stereocenters. The Kier molecular flexibility index (Phi) is 3.54. The summed E-state index contributed by atoms with van der Waals surface area (Å²) in [6.45, 7) is 1.07. The maximum Gasteiger partial charge on any atom is 0.214 e. The van der Waals surface area contributed by atoms with Crippen molar-refractivity contribution in [3.8, 4) is 11.3 Å². The average Bonchev–Trinajstić information content (AvgIpc) is 2.79. The number of nitrogens with zero attached hydrogens (tertiary/aromatic N) is 2. The molecule has 0 bridgehead atoms. The molecule has 1 saturated heterocycles. The largest absolute Gasteiger partial charge is 0.256 e. The highest BCUT2D eigenvalue weighted by molar-refractivity contribution is 7.89. The summed E-state index contributed by atoms with van der Waals surface area (Å²) in [7, 11) is -3.05. The number of hydrogen-bond donors (Lipinski definition) is 0. The number of sulfonamides is 1. The van der Waals surface area contributed by atoms with E-state index in [9.17, 15) is 8.42 Å². The minimum absolute atomic E-state index is 0.271. The van der Waals surface area contributed by atoms with E-state index < -0.39 is 10.0 Å². The predicted molar refractivity (Wildman–Crippen MR) is 78.5 cm³/mol. The second kappa shape index (κ2) is 5.34. The molecule has 3 rings (SSSR count). The topological polar surface area (TPSA) is 50.3 Å². The highest BCUT2D eigenvalue weighted by Gasteiger charge is 2.27. The van der Waals surface area contributed by atoms with Gasteiger partial charge in [0.15, 0.2) is 0 Å². The van der Waals surface area contributed by atoms with Crippen LogP contribution < -0.4 is 0 Å². The summed E-state index contributed by atoms with van der Waals surface area (Å²) in [6, 6.07) is 13.7. The van der Waals surface area contributed by atoms with E-state index in [0.717, 1.165) is 23.2 Å². The van der Waals surface area contributed by atoms with Gasteiger partial charge in [0.25, 0.3) is 0 Å². The zero-order chi connectivity index (χ0) is 14.0. The lowest BCUT2D eigenvalue weighted by Crippen LogP contribution is -2.25. The van der Waals surface area contributed by atoms with Crippen LogP contribution in [0.2, 0.25) is 0 Å². The third-order valence-corrected chi connectivity index (χ3v) is 5.35. The van der Waals surface area contributed by atoms with Crippen molar-refractivity contribution >= 4 is 10.0 Å². The Morgan fingerprint density at radius 2 is 2.05 bits per heavy atom. The van der Waals surface area contributed by atoms with Gasteiger partial charge in [-0.3, -0.25) is 4.98 Å². The average molecular weight is 288 g/mol. The standard InChI is InChI=1S/C15H16N2O2S/c18-20(19)10-4-9-17(20)12-13-5-3-6-14(11-13)15-7-1-2-8-16-15/h1-3,5-8,11H,4,9-10,12H2. The van der Waals surface area contributed by atoms with Crippen molar-refractivity contribution in [1.82, 2.24) is 9.29 Å². The molecular weight excluding hydrogens is 272 g/mol. The van der Waals surface area contributed by atoms with Gasteiger partial charge < -0.3 is 0 Å². The van der Waals surface area contributed by atoms with Crippen molar-refractivity contribution in [3.05, 3.63) is 54.2 Å². The molecule has 5 heteroatoms. The van der Waals surface area contributed by atoms with Crippen LogP contribution in [0.3, 0.4) is 0 Å². The molecule has 0 aliphatic carbocycles. The summed E-state index contributed by atoms with van der Waals surface area (Å²) in [5.74, 6) is 0.271. The van der Waals surface area contributed by atoms with Crippen LogP contribution in [0.25, 0.3) is 11.3 Å². The Bertz CT molecular complexity index is 699. The first-order valence-electron chi connectivity index (χ1n) is 6.63. The zero-order valence-corrected chi connectivity index (χ0v) is 11.9. The van der Waals surface area contributed by atoms with Gasteiger partial charge in [-0.1, -0.05) is 24.3 Å². The number of benzene rings is 1. The molecule has 0 unspecified atom stereocenters. The van der Waals surface area contributed by atoms with Crippen LogP contribution in [-0.2, 0) is 16.6 Å². The van der Waals surface area contributed by atoms with E-state index >= 15 is 0 Å². The SMILES string of the molecule is O=S1(=O)CCCN1Cc1cccc(-c2ccccn2)c1. The summed E-state index contributed by atoms with van der Waals surface area (Å²) >= 11 is 0. The summed E-state index contributed by atoms with van der Waals surface area (Å²) in [5.41, 5.74) is 2.91. The third-order valence-electron chi connectivity index (χ3n) is 3.45. The van der Waals surface area contributed by atoms with Gasteiger partial charge in [-0.15, -0.1) is 0 Å². The maximum atomic E-state index is 11.8. The molecule has 104 valence electrons. The van der Waals surface area contributed by atoms with E-state index in [1.165, 1.54) is 0 Å². The molecule has 0 radical (unpaired) electrons. The summed E-state index contributed by atoms with van der Waals surface area (Å²) in [6.07, 6.45) is 2.48. The molecule has 0 amide bonds. The molecule has 1 aromatic heterocycles. The third kappa shape index (κ3) is 2.73. The van der Waals surface area contributed by atoms with Crippen LogP contribution in [0.4, 0.5) is 0 Å². The first-order valence-corrected chi connectivity index (χ1v) is 8.24. The molecule has 0 spiro atoms. The van der Waals surface area contributed by atoms with Crippen molar-refractivity contribution in [2.24, 2.45) is 0 Å². The molecule has 0 N–H and O–H groups in total. The Morgan fingerprint density at radius 3 is 2.75 bits per heavy atom. The molecule has 2 aromatic rings. The molecule has 1 aliphatic heterocycles. The lowest BCUT2D eigenvalue weighted by molar-refractivity contribution is 0.440. The van der Waals surface area contributed by atoms with E-state index in [1.54, 1.807) is 10.5 Å². The first-order chi connectivity index (χ1) is 9.65. The molecule has 20 heavy (non-hydrogen) atoms. The lowest BCUT2D eigenvalue weighted by atomic mass is 10.1. The normalized spacial score (nSPS) is 18.2. The predicted octanol–water partition coefficient (Wildman–Crippen LogP) is 2.28. The molecule has 0 saturated carbocycles. The van der Waals surface area contributed by atoms with E-state index in [2.05, 4.69) is 4.98 Å². The van der Waals surface area contributed by atoms with Crippen molar-refractivity contribution in [1.29, 1.82) is 0 Å². The monoisotopic (exact) mass is 288 g/mol. The van der Waals surface area contributed by atoms with Crippen LogP contribution in [0.15, 0.2) is 48.7 Å². The Balaban J connectivity index is 1.85. The summed E-state index contributed by atoms with van der Waals surface area (Å²) in [5, 5.41) is 0. The van der Waals surface area contributed by atoms with Crippen LogP contribution in [-0.4, -0.2) is 30.0 Å². The molecule has 4 nitrogen and oxygen atoms in total. The van der Waals surface area contributed by atoms with Crippen molar-refractivity contribution in [2.75, 3.05) is 12.3 Å². The van der Waals surface area contributed by atoms with Crippen molar-refractivity contribution in [3.63, 3.8) is 0 Å². The van der Waals surface area contributed by atoms with Gasteiger partial charge in [-0.2, -0.15) is 4.31 Å². The highest BCUT2D eigenvalue weighted by Crippen LogP contribution is 2.21. The maximum absolute atomic E-state index is 11.8. The van der Waals surface area contributed by atoms with E-state index in [0.29, 0.717) is 13.1 Å². The Labute approximate surface area is 119 Å². The second-order valence-electron chi connectivity index (χ2n) is 4.92. The van der Waals surface area contributed by atoms with E-state index in [1.807, 2.05) is 42.5 Å². The molecular formula is C15H16N2O2S. The van der Waals surface area contributed by atoms with Gasteiger partial charge in [-0.25, -0.2) is 8.42 Å². The number of pyridine rings is 1. The fourth-order valence-corrected chi connectivity index (χ4v) is 3.94. The minimum Gasteiger partial charge on any atom is -0.256 e. The van der Waals surface area contributed by atoms with Gasteiger partial charge in [0.2, 0.25) is 10.0 Å². The zero-order valence-electron chi connectivity index (χ0n) is 11.1. The summed E-state index contributed by atoms with van der Waals surface area (Å²) < 4.78 is 25.2. The van der Waals surface area contributed by atoms with Crippen molar-refractivity contribution < 1.29 is 8.42 Å². The van der Waals surface area contributed by atoms with Gasteiger partial charge in [-0.05, 0) is 30.2 Å². The minimum atomic E-state index is -3.05. The Hall–Kier alpha value is -1.72. The van der Waals surface area contributed by atoms with Gasteiger partial charge in [0, 0.05) is 24.8 Å². The molecule has 1 aromatic carbocycles. The van der Waals surface area contributed by atoms with Gasteiger partial charge in [0.1, 0.15) is 0 Å². The van der Waals surface area contributed by atoms with Crippen LogP contribution >= 0.6 is 0 Å². The van der Waals surface area contributed by atoms with Gasteiger partial charge in [0.05, 0.1) is 11.4 Å². The lowest BCUT2D eigenvalue weighted by Gasteiger charge is -2.14.